The second-order valence-corrected chi connectivity index (χ2v) is 6.37. The van der Waals surface area contributed by atoms with Gasteiger partial charge < -0.3 is 5.32 Å². The molecule has 3 heteroatoms. The van der Waals surface area contributed by atoms with Gasteiger partial charge in [0.05, 0.1) is 0 Å². The summed E-state index contributed by atoms with van der Waals surface area (Å²) in [4.78, 5) is 0. The van der Waals surface area contributed by atoms with Gasteiger partial charge in [-0.2, -0.15) is 0 Å². The Morgan fingerprint density at radius 1 is 1.14 bits per heavy atom. The van der Waals surface area contributed by atoms with Gasteiger partial charge in [0.15, 0.2) is 0 Å². The molecule has 0 aromatic heterocycles. The van der Waals surface area contributed by atoms with Crippen molar-refractivity contribution < 1.29 is 4.39 Å². The lowest BCUT2D eigenvalue weighted by molar-refractivity contribution is 0.544. The molecule has 0 radical (unpaired) electrons. The van der Waals surface area contributed by atoms with Crippen LogP contribution in [0.5, 0.6) is 0 Å². The Morgan fingerprint density at radius 2 is 1.90 bits per heavy atom. The summed E-state index contributed by atoms with van der Waals surface area (Å²) in [6.45, 7) is 7.21. The zero-order chi connectivity index (χ0) is 15.4. The number of nitrogens with one attached hydrogen (secondary N) is 1. The molecule has 0 aliphatic rings. The van der Waals surface area contributed by atoms with Crippen LogP contribution in [0.2, 0.25) is 0 Å². The molecule has 0 heterocycles. The van der Waals surface area contributed by atoms with E-state index in [0.29, 0.717) is 0 Å². The summed E-state index contributed by atoms with van der Waals surface area (Å²) in [5.74, 6) is -0.199. The van der Waals surface area contributed by atoms with Crippen molar-refractivity contribution in [3.63, 3.8) is 0 Å². The Balaban J connectivity index is 2.32. The maximum atomic E-state index is 13.6. The summed E-state index contributed by atoms with van der Waals surface area (Å²) < 4.78 is 14.3. The summed E-state index contributed by atoms with van der Waals surface area (Å²) in [6.07, 6.45) is 0.772. The Morgan fingerprint density at radius 3 is 2.57 bits per heavy atom. The molecule has 21 heavy (non-hydrogen) atoms. The van der Waals surface area contributed by atoms with E-state index < -0.39 is 0 Å². The van der Waals surface area contributed by atoms with Gasteiger partial charge in [-0.05, 0) is 61.7 Å². The van der Waals surface area contributed by atoms with Crippen molar-refractivity contribution >= 4 is 15.9 Å². The van der Waals surface area contributed by atoms with Crippen LogP contribution in [0.1, 0.15) is 35.2 Å². The van der Waals surface area contributed by atoms with Gasteiger partial charge in [0.25, 0.3) is 0 Å². The fourth-order valence-corrected chi connectivity index (χ4v) is 3.15. The van der Waals surface area contributed by atoms with E-state index in [9.17, 15) is 4.39 Å². The Labute approximate surface area is 134 Å². The van der Waals surface area contributed by atoms with Crippen molar-refractivity contribution in [3.05, 3.63) is 68.9 Å². The highest BCUT2D eigenvalue weighted by molar-refractivity contribution is 9.10. The van der Waals surface area contributed by atoms with E-state index >= 15 is 0 Å². The number of aryl methyl sites for hydroxylation is 2. The summed E-state index contributed by atoms with van der Waals surface area (Å²) in [5.41, 5.74) is 4.80. The zero-order valence-electron chi connectivity index (χ0n) is 12.7. The van der Waals surface area contributed by atoms with E-state index in [0.717, 1.165) is 23.0 Å². The topological polar surface area (TPSA) is 12.0 Å². The van der Waals surface area contributed by atoms with Crippen LogP contribution in [0.3, 0.4) is 0 Å². The third-order valence-corrected chi connectivity index (χ3v) is 4.08. The molecular formula is C18H21BrFN. The number of likely N-dealkylation sites (N-methyl/N-ethyl adjacent to an activating group) is 1. The monoisotopic (exact) mass is 349 g/mol. The van der Waals surface area contributed by atoms with E-state index in [4.69, 9.17) is 0 Å². The SMILES string of the molecule is CCNC(Cc1cc(F)cc(Br)c1)c1cc(C)ccc1C. The minimum Gasteiger partial charge on any atom is -0.310 e. The first-order valence-corrected chi connectivity index (χ1v) is 8.04. The lowest BCUT2D eigenvalue weighted by Crippen LogP contribution is -2.24. The van der Waals surface area contributed by atoms with E-state index in [2.05, 4.69) is 60.2 Å². The highest BCUT2D eigenvalue weighted by atomic mass is 79.9. The number of rotatable bonds is 5. The van der Waals surface area contributed by atoms with Gasteiger partial charge >= 0.3 is 0 Å². The van der Waals surface area contributed by atoms with Crippen molar-refractivity contribution in [3.8, 4) is 0 Å². The standard InChI is InChI=1S/C18H21BrFN/c1-4-21-18(17-7-12(2)5-6-13(17)3)10-14-8-15(19)11-16(20)9-14/h5-9,11,18,21H,4,10H2,1-3H3. The first kappa shape index (κ1) is 16.2. The molecular weight excluding hydrogens is 329 g/mol. The van der Waals surface area contributed by atoms with Crippen molar-refractivity contribution in [2.24, 2.45) is 0 Å². The van der Waals surface area contributed by atoms with E-state index in [1.807, 2.05) is 6.07 Å². The molecule has 1 N–H and O–H groups in total. The Bertz CT molecular complexity index is 604. The van der Waals surface area contributed by atoms with E-state index in [1.165, 1.54) is 22.8 Å². The molecule has 0 saturated heterocycles. The smallest absolute Gasteiger partial charge is 0.124 e. The van der Waals surface area contributed by atoms with Crippen LogP contribution in [0, 0.1) is 19.7 Å². The third kappa shape index (κ3) is 4.39. The summed E-state index contributed by atoms with van der Waals surface area (Å²) in [7, 11) is 0. The van der Waals surface area contributed by atoms with Gasteiger partial charge in [-0.15, -0.1) is 0 Å². The van der Waals surface area contributed by atoms with Crippen molar-refractivity contribution in [2.75, 3.05) is 6.54 Å². The van der Waals surface area contributed by atoms with Crippen LogP contribution in [-0.4, -0.2) is 6.54 Å². The second kappa shape index (κ2) is 7.19. The number of benzene rings is 2. The fourth-order valence-electron chi connectivity index (χ4n) is 2.64. The molecule has 2 aromatic rings. The first-order chi connectivity index (χ1) is 9.99. The fraction of sp³-hybridized carbons (Fsp3) is 0.333. The molecule has 0 fully saturated rings. The number of hydrogen-bond acceptors (Lipinski definition) is 1. The lowest BCUT2D eigenvalue weighted by Gasteiger charge is -2.21. The summed E-state index contributed by atoms with van der Waals surface area (Å²) >= 11 is 3.36. The molecule has 1 unspecified atom stereocenters. The lowest BCUT2D eigenvalue weighted by atomic mass is 9.94. The molecule has 0 aliphatic heterocycles. The molecule has 0 amide bonds. The maximum absolute atomic E-state index is 13.6. The van der Waals surface area contributed by atoms with Gasteiger partial charge in [-0.3, -0.25) is 0 Å². The highest BCUT2D eigenvalue weighted by Gasteiger charge is 2.14. The molecule has 0 aliphatic carbocycles. The summed E-state index contributed by atoms with van der Waals surface area (Å²) in [5, 5.41) is 3.52. The molecule has 112 valence electrons. The first-order valence-electron chi connectivity index (χ1n) is 7.25. The van der Waals surface area contributed by atoms with Gasteiger partial charge in [0, 0.05) is 10.5 Å². The average molecular weight is 350 g/mol. The molecule has 1 nitrogen and oxygen atoms in total. The van der Waals surface area contributed by atoms with Crippen LogP contribution in [0.25, 0.3) is 0 Å². The molecule has 2 aromatic carbocycles. The van der Waals surface area contributed by atoms with Crippen LogP contribution in [0.15, 0.2) is 40.9 Å². The maximum Gasteiger partial charge on any atom is 0.124 e. The van der Waals surface area contributed by atoms with Crippen molar-refractivity contribution in [2.45, 2.75) is 33.2 Å². The summed E-state index contributed by atoms with van der Waals surface area (Å²) in [6, 6.07) is 11.8. The molecule has 0 saturated carbocycles. The van der Waals surface area contributed by atoms with Gasteiger partial charge in [-0.25, -0.2) is 4.39 Å². The molecule has 1 atom stereocenters. The predicted molar refractivity (Wildman–Crippen MR) is 90.1 cm³/mol. The Kier molecular flexibility index (Phi) is 5.54. The highest BCUT2D eigenvalue weighted by Crippen LogP contribution is 2.25. The van der Waals surface area contributed by atoms with Crippen LogP contribution < -0.4 is 5.32 Å². The average Bonchev–Trinajstić information content (AvgIpc) is 2.40. The second-order valence-electron chi connectivity index (χ2n) is 5.45. The number of halogens is 2. The Hall–Kier alpha value is -1.19. The van der Waals surface area contributed by atoms with Crippen molar-refractivity contribution in [1.29, 1.82) is 0 Å². The minimum absolute atomic E-state index is 0.198. The van der Waals surface area contributed by atoms with Gasteiger partial charge in [0.1, 0.15) is 5.82 Å². The minimum atomic E-state index is -0.199. The van der Waals surface area contributed by atoms with Crippen LogP contribution in [-0.2, 0) is 6.42 Å². The molecule has 2 rings (SSSR count). The number of hydrogen-bond donors (Lipinski definition) is 1. The van der Waals surface area contributed by atoms with E-state index in [-0.39, 0.29) is 11.9 Å². The molecule has 0 spiro atoms. The molecule has 0 bridgehead atoms. The zero-order valence-corrected chi connectivity index (χ0v) is 14.3. The largest absolute Gasteiger partial charge is 0.310 e. The third-order valence-electron chi connectivity index (χ3n) is 3.62. The van der Waals surface area contributed by atoms with Crippen LogP contribution in [0.4, 0.5) is 4.39 Å². The quantitative estimate of drug-likeness (QED) is 0.791. The van der Waals surface area contributed by atoms with Gasteiger partial charge in [0.2, 0.25) is 0 Å². The van der Waals surface area contributed by atoms with E-state index in [1.54, 1.807) is 6.07 Å². The predicted octanol–water partition coefficient (Wildman–Crippen LogP) is 5.10. The van der Waals surface area contributed by atoms with Crippen LogP contribution >= 0.6 is 15.9 Å². The van der Waals surface area contributed by atoms with Gasteiger partial charge in [-0.1, -0.05) is 46.6 Å². The normalized spacial score (nSPS) is 12.4. The van der Waals surface area contributed by atoms with Crippen molar-refractivity contribution in [1.82, 2.24) is 5.32 Å².